The number of amides is 1. The highest BCUT2D eigenvalue weighted by Gasteiger charge is 2.29. The predicted octanol–water partition coefficient (Wildman–Crippen LogP) is 8.95. The molecule has 2 aromatic rings. The number of ether oxygens (including phenoxy) is 3. The van der Waals surface area contributed by atoms with Gasteiger partial charge < -0.3 is 34.0 Å². The minimum atomic E-state index is -1.08. The summed E-state index contributed by atoms with van der Waals surface area (Å²) in [5.41, 5.74) is 3.99. The molecule has 2 aliphatic rings. The van der Waals surface area contributed by atoms with Gasteiger partial charge in [0.1, 0.15) is 31.2 Å². The van der Waals surface area contributed by atoms with Crippen LogP contribution in [0.15, 0.2) is 59.0 Å². The quantitative estimate of drug-likeness (QED) is 0.0222. The molecule has 13 heteroatoms. The third kappa shape index (κ3) is 16.2. The lowest BCUT2D eigenvalue weighted by Gasteiger charge is -2.23. The van der Waals surface area contributed by atoms with E-state index in [0.29, 0.717) is 106 Å². The van der Waals surface area contributed by atoms with Crippen LogP contribution in [0.25, 0.3) is 33.4 Å². The lowest BCUT2D eigenvalue weighted by atomic mass is 9.83. The van der Waals surface area contributed by atoms with Crippen LogP contribution in [0.4, 0.5) is 5.69 Å². The Balaban J connectivity index is 1.15. The molecule has 366 valence electrons. The van der Waals surface area contributed by atoms with Crippen LogP contribution in [0.1, 0.15) is 120 Å². The van der Waals surface area contributed by atoms with E-state index in [4.69, 9.17) is 18.6 Å². The number of carboxylic acid groups (broad SMARTS) is 1. The van der Waals surface area contributed by atoms with Crippen LogP contribution in [-0.4, -0.2) is 108 Å². The predicted molar refractivity (Wildman–Crippen MR) is 265 cm³/mol. The van der Waals surface area contributed by atoms with Crippen molar-refractivity contribution in [3.63, 3.8) is 0 Å². The van der Waals surface area contributed by atoms with Crippen LogP contribution in [0.2, 0.25) is 0 Å². The third-order valence-electron chi connectivity index (χ3n) is 12.6. The first-order valence-electron chi connectivity index (χ1n) is 24.1. The second-order valence-electron chi connectivity index (χ2n) is 18.7. The molecular weight excluding hydrogens is 851 g/mol. The number of carbonyl (C=O) groups excluding carboxylic acids is 4. The Hall–Kier alpha value is -5.24. The van der Waals surface area contributed by atoms with Crippen LogP contribution in [-0.2, 0) is 28.6 Å². The summed E-state index contributed by atoms with van der Waals surface area (Å²) in [5, 5.41) is 14.9. The maximum Gasteiger partial charge on any atom is 0.336 e. The molecule has 0 radical (unpaired) electrons. The van der Waals surface area contributed by atoms with Crippen molar-refractivity contribution in [1.29, 1.82) is 0 Å². The summed E-state index contributed by atoms with van der Waals surface area (Å²) in [7, 11) is 7.79. The van der Waals surface area contributed by atoms with Gasteiger partial charge in [0.15, 0.2) is 11.6 Å². The monoisotopic (exact) mass is 927 g/mol. The highest BCUT2D eigenvalue weighted by Crippen LogP contribution is 2.42. The summed E-state index contributed by atoms with van der Waals surface area (Å²) in [6.45, 7) is 14.5. The van der Waals surface area contributed by atoms with Crippen LogP contribution in [0.5, 0.6) is 0 Å². The Kier molecular flexibility index (Phi) is 21.9. The Labute approximate surface area is 397 Å². The van der Waals surface area contributed by atoms with Crippen LogP contribution in [0, 0.1) is 23.7 Å². The summed E-state index contributed by atoms with van der Waals surface area (Å²) in [5.74, 6) is -0.720. The van der Waals surface area contributed by atoms with E-state index < -0.39 is 17.9 Å². The van der Waals surface area contributed by atoms with Crippen molar-refractivity contribution < 1.29 is 47.7 Å². The van der Waals surface area contributed by atoms with Gasteiger partial charge in [0.25, 0.3) is 0 Å². The van der Waals surface area contributed by atoms with Gasteiger partial charge in [0.2, 0.25) is 11.3 Å². The Morgan fingerprint density at radius 2 is 1.39 bits per heavy atom. The average Bonchev–Trinajstić information content (AvgIpc) is 3.29. The molecule has 0 saturated carbocycles. The van der Waals surface area contributed by atoms with Crippen LogP contribution in [0.3, 0.4) is 0 Å². The fourth-order valence-electron chi connectivity index (χ4n) is 8.08. The summed E-state index contributed by atoms with van der Waals surface area (Å²) in [6.07, 6.45) is 4.98. The van der Waals surface area contributed by atoms with Crippen molar-refractivity contribution in [3.8, 4) is 22.5 Å². The molecule has 4 rings (SSSR count). The van der Waals surface area contributed by atoms with Crippen molar-refractivity contribution in [3.05, 3.63) is 71.1 Å². The van der Waals surface area contributed by atoms with Crippen molar-refractivity contribution in [2.75, 3.05) is 72.7 Å². The third-order valence-corrected chi connectivity index (χ3v) is 12.6. The molecule has 0 bridgehead atoms. The number of nitrogens with one attached hydrogen (secondary N) is 1. The van der Waals surface area contributed by atoms with Crippen LogP contribution >= 0.6 is 0 Å². The molecule has 0 aromatic heterocycles. The number of nitrogens with zero attached hydrogens (tertiary/aromatic N) is 2. The number of anilines is 1. The Morgan fingerprint density at radius 3 is 1.99 bits per heavy atom. The van der Waals surface area contributed by atoms with E-state index in [1.165, 1.54) is 6.07 Å². The Bertz CT molecular complexity index is 2330. The first kappa shape index (κ1) is 54.4. The molecule has 67 heavy (non-hydrogen) atoms. The molecule has 0 saturated heterocycles. The zero-order valence-electron chi connectivity index (χ0n) is 41.7. The van der Waals surface area contributed by atoms with Crippen molar-refractivity contribution in [2.24, 2.45) is 23.7 Å². The summed E-state index contributed by atoms with van der Waals surface area (Å²) >= 11 is 0. The molecule has 13 nitrogen and oxygen atoms in total. The first-order chi connectivity index (χ1) is 31.9. The van der Waals surface area contributed by atoms with E-state index >= 15 is 0 Å². The van der Waals surface area contributed by atoms with E-state index in [2.05, 4.69) is 19.2 Å². The maximum absolute atomic E-state index is 13.5. The number of benzene rings is 3. The van der Waals surface area contributed by atoms with Gasteiger partial charge in [0.05, 0.1) is 44.1 Å². The Morgan fingerprint density at radius 1 is 0.746 bits per heavy atom. The molecule has 0 spiro atoms. The topological polar surface area (TPSA) is 165 Å². The number of ketones is 3. The van der Waals surface area contributed by atoms with Gasteiger partial charge in [-0.1, -0.05) is 47.1 Å². The largest absolute Gasteiger partial charge is 0.478 e. The molecule has 4 atom stereocenters. The van der Waals surface area contributed by atoms with Gasteiger partial charge >= 0.3 is 5.97 Å². The molecule has 2 aromatic carbocycles. The van der Waals surface area contributed by atoms with E-state index in [1.54, 1.807) is 19.1 Å². The molecule has 0 unspecified atom stereocenters. The van der Waals surface area contributed by atoms with E-state index in [-0.39, 0.29) is 59.4 Å². The fourth-order valence-corrected chi connectivity index (χ4v) is 8.08. The molecule has 1 aliphatic carbocycles. The van der Waals surface area contributed by atoms with Gasteiger partial charge in [-0.2, -0.15) is 0 Å². The van der Waals surface area contributed by atoms with E-state index in [0.717, 1.165) is 28.4 Å². The van der Waals surface area contributed by atoms with Crippen LogP contribution < -0.4 is 20.1 Å². The minimum absolute atomic E-state index is 0.0336. The molecule has 0 fully saturated rings. The number of fused-ring (bicyclic) bond motifs is 2. The number of hydrogen-bond donors (Lipinski definition) is 2. The second-order valence-corrected chi connectivity index (χ2v) is 18.7. The highest BCUT2D eigenvalue weighted by atomic mass is 16.5. The fraction of sp³-hybridized carbons (Fsp3) is 0.556. The van der Waals surface area contributed by atoms with Gasteiger partial charge in [-0.15, -0.1) is 0 Å². The van der Waals surface area contributed by atoms with Gasteiger partial charge in [0, 0.05) is 98.3 Å². The number of rotatable bonds is 30. The second kappa shape index (κ2) is 26.9. The number of hydrogen-bond acceptors (Lipinski definition) is 10. The SMILES string of the molecule is CC[C@@H](C)[C@H](C)C(=O)C[C@H](CC(C)C)C(=O)N[C@@H](C)C(=O)CCCCOCCOCCOCCCCC(=O)c1ccc(C(=O)O)c(-c2c3ccc(=[N+](C)C)cc-3oc3cc(N(C)C)ccc23)c1. The molecule has 2 N–H and O–H groups in total. The van der Waals surface area contributed by atoms with Gasteiger partial charge in [-0.3, -0.25) is 19.2 Å². The zero-order valence-corrected chi connectivity index (χ0v) is 41.7. The van der Waals surface area contributed by atoms with Gasteiger partial charge in [-0.05, 0) is 86.8 Å². The number of aromatic carboxylic acids is 1. The number of Topliss-reactive ketones (excluding diaryl/α,β-unsaturated/α-hetero) is 3. The number of carbonyl (C=O) groups is 5. The zero-order chi connectivity index (χ0) is 49.2. The smallest absolute Gasteiger partial charge is 0.336 e. The van der Waals surface area contributed by atoms with Gasteiger partial charge in [-0.25, -0.2) is 9.37 Å². The summed E-state index contributed by atoms with van der Waals surface area (Å²) < 4.78 is 25.4. The van der Waals surface area contributed by atoms with E-state index in [9.17, 15) is 29.1 Å². The number of carboxylic acids is 1. The molecule has 1 amide bonds. The minimum Gasteiger partial charge on any atom is -0.478 e. The maximum atomic E-state index is 13.5. The van der Waals surface area contributed by atoms with E-state index in [1.807, 2.05) is 94.8 Å². The van der Waals surface area contributed by atoms with Crippen molar-refractivity contribution in [1.82, 2.24) is 9.89 Å². The standard InChI is InChI=1S/C54H75N3O10/c1-11-36(4)37(5)49(60)32-40(30-35(2)3)53(61)55-38(6)47(58)16-12-14-24-64-26-28-66-29-27-65-25-15-13-17-48(59)39-18-21-43(54(62)63)46(31-39)52-44-22-19-41(56(7)8)33-50(44)67-51-34-42(57(9)10)20-23-45(51)52/h18-23,31,33-38,40H,11-17,24-30,32H2,1-10H3,(H-,55,61,62,63)/p+1/t36-,37+,38+,40+/m1/s1. The molecular formula is C54H76N3O10+. The van der Waals surface area contributed by atoms with Crippen molar-refractivity contribution >= 4 is 45.9 Å². The van der Waals surface area contributed by atoms with Crippen molar-refractivity contribution in [2.45, 2.75) is 105 Å². The highest BCUT2D eigenvalue weighted by molar-refractivity contribution is 6.09. The average molecular weight is 927 g/mol. The lowest BCUT2D eigenvalue weighted by Crippen LogP contribution is -2.43. The summed E-state index contributed by atoms with van der Waals surface area (Å²) in [4.78, 5) is 66.9. The number of unbranched alkanes of at least 4 members (excludes halogenated alkanes) is 2. The molecule has 1 aliphatic heterocycles. The normalized spacial score (nSPS) is 13.4. The molecule has 1 heterocycles. The lowest BCUT2D eigenvalue weighted by molar-refractivity contribution is -0.133. The first-order valence-corrected chi connectivity index (χ1v) is 24.1. The summed E-state index contributed by atoms with van der Waals surface area (Å²) in [6, 6.07) is 15.9.